The van der Waals surface area contributed by atoms with E-state index in [1.54, 1.807) is 9.80 Å². The van der Waals surface area contributed by atoms with E-state index >= 15 is 0 Å². The van der Waals surface area contributed by atoms with E-state index in [0.29, 0.717) is 45.9 Å². The standard InChI is InChI=1S/C26H33N5O6.C2HF3O2/c27-29-25(33)31-12-10-30(11-13-31)24(32)18-36-16-15-35-14-9-28-26(34)37-17-23-21-7-3-1-5-19(21)20-6-2-4-8-22(20)23;3-2(4,5)1(6)7/h1-8,23H,9-18,27H2,(H,28,34)(H,29,33);(H,6,7). The summed E-state index contributed by atoms with van der Waals surface area (Å²) in [5.74, 6) is 2.25. The van der Waals surface area contributed by atoms with Crippen molar-refractivity contribution >= 4 is 24.0 Å². The summed E-state index contributed by atoms with van der Waals surface area (Å²) >= 11 is 0. The molecular formula is C28H34F3N5O8. The zero-order chi connectivity index (χ0) is 32.1. The Hall–Kier alpha value is -4.41. The molecule has 4 amide bonds. The topological polar surface area (TPSA) is 173 Å². The molecule has 0 spiro atoms. The molecule has 1 fully saturated rings. The molecule has 0 bridgehead atoms. The number of alkyl halides is 3. The Morgan fingerprint density at radius 2 is 1.39 bits per heavy atom. The van der Waals surface area contributed by atoms with Gasteiger partial charge in [-0.05, 0) is 22.3 Å². The van der Waals surface area contributed by atoms with Crippen molar-refractivity contribution in [2.45, 2.75) is 12.1 Å². The Morgan fingerprint density at radius 1 is 0.864 bits per heavy atom. The van der Waals surface area contributed by atoms with Crippen LogP contribution in [-0.2, 0) is 23.8 Å². The molecule has 2 aromatic carbocycles. The van der Waals surface area contributed by atoms with E-state index < -0.39 is 18.2 Å². The fourth-order valence-corrected chi connectivity index (χ4v) is 4.60. The molecule has 1 aliphatic heterocycles. The number of fused-ring (bicyclic) bond motifs is 3. The molecule has 2 aromatic rings. The van der Waals surface area contributed by atoms with Crippen LogP contribution in [0.5, 0.6) is 0 Å². The molecule has 0 aromatic heterocycles. The number of carboxylic acid groups (broad SMARTS) is 1. The van der Waals surface area contributed by atoms with Gasteiger partial charge < -0.3 is 34.4 Å². The molecule has 5 N–H and O–H groups in total. The number of hydrogen-bond donors (Lipinski definition) is 4. The zero-order valence-electron chi connectivity index (χ0n) is 23.7. The van der Waals surface area contributed by atoms with Gasteiger partial charge in [-0.1, -0.05) is 48.5 Å². The second kappa shape index (κ2) is 16.4. The van der Waals surface area contributed by atoms with Crippen molar-refractivity contribution in [3.05, 3.63) is 59.7 Å². The van der Waals surface area contributed by atoms with Gasteiger partial charge in [0.1, 0.15) is 13.2 Å². The summed E-state index contributed by atoms with van der Waals surface area (Å²) in [6.07, 6.45) is -5.57. The highest BCUT2D eigenvalue weighted by Gasteiger charge is 2.38. The number of hydrogen-bond acceptors (Lipinski definition) is 8. The molecule has 0 saturated carbocycles. The minimum absolute atomic E-state index is 0.0172. The number of carboxylic acids is 1. The number of alkyl carbamates (subject to hydrolysis) is 1. The average molecular weight is 626 g/mol. The van der Waals surface area contributed by atoms with Gasteiger partial charge in [0.2, 0.25) is 5.91 Å². The number of carbonyl (C=O) groups is 4. The summed E-state index contributed by atoms with van der Waals surface area (Å²) in [5.41, 5.74) is 6.79. The molecule has 44 heavy (non-hydrogen) atoms. The van der Waals surface area contributed by atoms with Crippen LogP contribution in [0.2, 0.25) is 0 Å². The molecule has 0 radical (unpaired) electrons. The quantitative estimate of drug-likeness (QED) is 0.133. The second-order valence-corrected chi connectivity index (χ2v) is 9.54. The summed E-state index contributed by atoms with van der Waals surface area (Å²) in [7, 11) is 0. The first-order chi connectivity index (χ1) is 21.0. The van der Waals surface area contributed by atoms with E-state index in [0.717, 1.165) is 0 Å². The summed E-state index contributed by atoms with van der Waals surface area (Å²) in [6.45, 7) is 3.09. The first-order valence-electron chi connectivity index (χ1n) is 13.6. The van der Waals surface area contributed by atoms with Crippen LogP contribution >= 0.6 is 0 Å². The van der Waals surface area contributed by atoms with Crippen LogP contribution in [0.25, 0.3) is 11.1 Å². The molecular weight excluding hydrogens is 591 g/mol. The van der Waals surface area contributed by atoms with Crippen LogP contribution in [0.3, 0.4) is 0 Å². The zero-order valence-corrected chi connectivity index (χ0v) is 23.7. The fraction of sp³-hybridized carbons (Fsp3) is 0.429. The van der Waals surface area contributed by atoms with Crippen LogP contribution in [0.4, 0.5) is 22.8 Å². The summed E-state index contributed by atoms with van der Waals surface area (Å²) in [6, 6.07) is 16.0. The molecule has 1 saturated heterocycles. The van der Waals surface area contributed by atoms with E-state index in [9.17, 15) is 27.6 Å². The lowest BCUT2D eigenvalue weighted by molar-refractivity contribution is -0.192. The smallest absolute Gasteiger partial charge is 0.475 e. The molecule has 2 aliphatic rings. The Labute approximate surface area is 251 Å². The van der Waals surface area contributed by atoms with E-state index in [2.05, 4.69) is 35.0 Å². The highest BCUT2D eigenvalue weighted by molar-refractivity contribution is 5.79. The number of halogens is 3. The molecule has 240 valence electrons. The molecule has 0 atom stereocenters. The Morgan fingerprint density at radius 3 is 1.93 bits per heavy atom. The van der Waals surface area contributed by atoms with Crippen LogP contribution in [0.15, 0.2) is 48.5 Å². The lowest BCUT2D eigenvalue weighted by atomic mass is 9.98. The SMILES string of the molecule is NNC(=O)N1CCN(C(=O)COCCOCCNC(=O)OCC2c3ccccc3-c3ccccc32)CC1.O=C(O)C(F)(F)F. The van der Waals surface area contributed by atoms with Crippen molar-refractivity contribution in [3.8, 4) is 11.1 Å². The van der Waals surface area contributed by atoms with Gasteiger partial charge in [0, 0.05) is 38.6 Å². The monoisotopic (exact) mass is 625 g/mol. The number of rotatable bonds is 10. The van der Waals surface area contributed by atoms with Crippen molar-refractivity contribution in [2.24, 2.45) is 5.84 Å². The van der Waals surface area contributed by atoms with E-state index in [1.807, 2.05) is 24.3 Å². The molecule has 1 aliphatic carbocycles. The molecule has 0 unspecified atom stereocenters. The number of aliphatic carboxylic acids is 1. The number of nitrogens with one attached hydrogen (secondary N) is 2. The third kappa shape index (κ3) is 9.82. The maximum atomic E-state index is 12.2. The Kier molecular flexibility index (Phi) is 12.7. The van der Waals surface area contributed by atoms with E-state index in [-0.39, 0.29) is 37.7 Å². The maximum Gasteiger partial charge on any atom is 0.490 e. The Balaban J connectivity index is 0.000000676. The van der Waals surface area contributed by atoms with Crippen molar-refractivity contribution in [1.29, 1.82) is 0 Å². The molecule has 16 heteroatoms. The van der Waals surface area contributed by atoms with Gasteiger partial charge in [0.05, 0.1) is 19.8 Å². The van der Waals surface area contributed by atoms with Gasteiger partial charge in [-0.3, -0.25) is 10.2 Å². The van der Waals surface area contributed by atoms with Gasteiger partial charge in [-0.2, -0.15) is 13.2 Å². The summed E-state index contributed by atoms with van der Waals surface area (Å²) in [5, 5.41) is 9.82. The lowest BCUT2D eigenvalue weighted by Crippen LogP contribution is -2.54. The van der Waals surface area contributed by atoms with Gasteiger partial charge in [0.25, 0.3) is 0 Å². The van der Waals surface area contributed by atoms with Crippen molar-refractivity contribution in [2.75, 3.05) is 65.8 Å². The largest absolute Gasteiger partial charge is 0.490 e. The van der Waals surface area contributed by atoms with Crippen LogP contribution < -0.4 is 16.6 Å². The van der Waals surface area contributed by atoms with Crippen molar-refractivity contribution < 1.29 is 51.7 Å². The van der Waals surface area contributed by atoms with Crippen LogP contribution in [0, 0.1) is 0 Å². The number of urea groups is 1. The number of nitrogens with two attached hydrogens (primary N) is 1. The normalized spacial score (nSPS) is 14.1. The molecule has 1 heterocycles. The minimum Gasteiger partial charge on any atom is -0.475 e. The van der Waals surface area contributed by atoms with Crippen LogP contribution in [-0.4, -0.2) is 111 Å². The van der Waals surface area contributed by atoms with E-state index in [1.165, 1.54) is 22.3 Å². The van der Waals surface area contributed by atoms with Crippen molar-refractivity contribution in [3.63, 3.8) is 0 Å². The van der Waals surface area contributed by atoms with E-state index in [4.69, 9.17) is 30.0 Å². The average Bonchev–Trinajstić information content (AvgIpc) is 3.34. The highest BCUT2D eigenvalue weighted by Crippen LogP contribution is 2.44. The Bertz CT molecular complexity index is 1240. The number of piperazine rings is 1. The van der Waals surface area contributed by atoms with Crippen molar-refractivity contribution in [1.82, 2.24) is 20.5 Å². The molecule has 13 nitrogen and oxygen atoms in total. The van der Waals surface area contributed by atoms with Gasteiger partial charge in [0.15, 0.2) is 0 Å². The summed E-state index contributed by atoms with van der Waals surface area (Å²) < 4.78 is 48.1. The highest BCUT2D eigenvalue weighted by atomic mass is 19.4. The van der Waals surface area contributed by atoms with Crippen LogP contribution in [0.1, 0.15) is 17.0 Å². The van der Waals surface area contributed by atoms with Gasteiger partial charge >= 0.3 is 24.3 Å². The predicted octanol–water partition coefficient (Wildman–Crippen LogP) is 1.92. The number of amides is 4. The van der Waals surface area contributed by atoms with Gasteiger partial charge in [-0.25, -0.2) is 20.2 Å². The third-order valence-corrected chi connectivity index (χ3v) is 6.74. The summed E-state index contributed by atoms with van der Waals surface area (Å²) in [4.78, 5) is 48.0. The number of hydrazine groups is 1. The third-order valence-electron chi connectivity index (χ3n) is 6.74. The maximum absolute atomic E-state index is 12.2. The first-order valence-corrected chi connectivity index (χ1v) is 13.6. The number of benzene rings is 2. The molecule has 4 rings (SSSR count). The minimum atomic E-state index is -5.08. The first kappa shape index (κ1) is 34.1. The number of nitrogens with zero attached hydrogens (tertiary/aromatic N) is 2. The van der Waals surface area contributed by atoms with Gasteiger partial charge in [-0.15, -0.1) is 0 Å². The predicted molar refractivity (Wildman–Crippen MR) is 149 cm³/mol. The number of carbonyl (C=O) groups excluding carboxylic acids is 3. The number of ether oxygens (including phenoxy) is 3. The fourth-order valence-electron chi connectivity index (χ4n) is 4.60. The lowest BCUT2D eigenvalue weighted by Gasteiger charge is -2.34. The second-order valence-electron chi connectivity index (χ2n) is 9.54.